The molecular weight excluding hydrogens is 343 g/mol. The Labute approximate surface area is 150 Å². The van der Waals surface area contributed by atoms with Crippen LogP contribution in [0.5, 0.6) is 5.75 Å². The van der Waals surface area contributed by atoms with Crippen LogP contribution in [0.15, 0.2) is 18.2 Å². The molecule has 0 bridgehead atoms. The van der Waals surface area contributed by atoms with Crippen molar-refractivity contribution in [3.05, 3.63) is 40.2 Å². The third kappa shape index (κ3) is 3.89. The summed E-state index contributed by atoms with van der Waals surface area (Å²) in [6, 6.07) is 4.60. The monoisotopic (exact) mass is 364 g/mol. The third-order valence-electron chi connectivity index (χ3n) is 4.24. The number of aromatic amines is 1. The molecule has 1 unspecified atom stereocenters. The van der Waals surface area contributed by atoms with Crippen LogP contribution < -0.4 is 10.1 Å². The summed E-state index contributed by atoms with van der Waals surface area (Å²) in [4.78, 5) is 12.4. The number of aromatic nitrogens is 3. The molecule has 0 aliphatic carbocycles. The third-order valence-corrected chi connectivity index (χ3v) is 4.53. The maximum absolute atomic E-state index is 13.3. The molecule has 8 heteroatoms. The van der Waals surface area contributed by atoms with Gasteiger partial charge in [0, 0.05) is 19.0 Å². The van der Waals surface area contributed by atoms with Crippen molar-refractivity contribution in [2.24, 2.45) is 5.92 Å². The number of carbonyl (C=O) groups excluding carboxylic acids is 1. The molecule has 25 heavy (non-hydrogen) atoms. The van der Waals surface area contributed by atoms with Gasteiger partial charge in [-0.25, -0.2) is 4.39 Å². The first-order valence-electron chi connectivity index (χ1n) is 8.30. The van der Waals surface area contributed by atoms with Crippen LogP contribution in [0.3, 0.4) is 0 Å². The number of hydrogen-bond donors (Lipinski definition) is 2. The van der Waals surface area contributed by atoms with Crippen LogP contribution in [0.1, 0.15) is 31.3 Å². The lowest BCUT2D eigenvalue weighted by Crippen LogP contribution is -2.38. The van der Waals surface area contributed by atoms with Gasteiger partial charge in [-0.15, -0.1) is 0 Å². The van der Waals surface area contributed by atoms with Crippen LogP contribution in [0, 0.1) is 16.5 Å². The lowest BCUT2D eigenvalue weighted by atomic mass is 9.96. The van der Waals surface area contributed by atoms with E-state index in [4.69, 9.17) is 17.0 Å². The van der Waals surface area contributed by atoms with Crippen molar-refractivity contribution in [3.8, 4) is 5.75 Å². The molecule has 1 aliphatic rings. The molecule has 134 valence electrons. The van der Waals surface area contributed by atoms with Crippen LogP contribution in [-0.4, -0.2) is 33.8 Å². The van der Waals surface area contributed by atoms with E-state index >= 15 is 0 Å². The second-order valence-corrected chi connectivity index (χ2v) is 6.80. The Morgan fingerprint density at radius 2 is 2.36 bits per heavy atom. The SMILES string of the molecule is CC(C)n1c(CCNC(=O)C2COc3ccc(F)cc3C2)n[nH]c1=S. The number of carbonyl (C=O) groups is 1. The normalized spacial score (nSPS) is 16.4. The van der Waals surface area contributed by atoms with E-state index in [0.717, 1.165) is 11.4 Å². The fourth-order valence-corrected chi connectivity index (χ4v) is 3.38. The lowest BCUT2D eigenvalue weighted by molar-refractivity contribution is -0.126. The summed E-state index contributed by atoms with van der Waals surface area (Å²) in [7, 11) is 0. The summed E-state index contributed by atoms with van der Waals surface area (Å²) in [5, 5.41) is 9.91. The quantitative estimate of drug-likeness (QED) is 0.800. The van der Waals surface area contributed by atoms with E-state index in [9.17, 15) is 9.18 Å². The molecule has 2 N–H and O–H groups in total. The molecule has 2 heterocycles. The first-order valence-corrected chi connectivity index (χ1v) is 8.71. The van der Waals surface area contributed by atoms with Gasteiger partial charge in [-0.1, -0.05) is 0 Å². The fourth-order valence-electron chi connectivity index (χ4n) is 3.02. The Kier molecular flexibility index (Phi) is 5.17. The Morgan fingerprint density at radius 3 is 3.12 bits per heavy atom. The number of benzene rings is 1. The molecule has 1 amide bonds. The minimum Gasteiger partial charge on any atom is -0.492 e. The fraction of sp³-hybridized carbons (Fsp3) is 0.471. The largest absolute Gasteiger partial charge is 0.492 e. The number of amides is 1. The van der Waals surface area contributed by atoms with E-state index in [1.165, 1.54) is 12.1 Å². The number of nitrogens with zero attached hydrogens (tertiary/aromatic N) is 2. The number of H-pyrrole nitrogens is 1. The highest BCUT2D eigenvalue weighted by Gasteiger charge is 2.26. The van der Waals surface area contributed by atoms with Crippen LogP contribution in [-0.2, 0) is 17.6 Å². The van der Waals surface area contributed by atoms with Crippen LogP contribution in [0.25, 0.3) is 0 Å². The summed E-state index contributed by atoms with van der Waals surface area (Å²) in [5.74, 6) is 0.728. The summed E-state index contributed by atoms with van der Waals surface area (Å²) >= 11 is 5.21. The van der Waals surface area contributed by atoms with Gasteiger partial charge in [0.2, 0.25) is 5.91 Å². The topological polar surface area (TPSA) is 71.9 Å². The van der Waals surface area contributed by atoms with E-state index < -0.39 is 0 Å². The average molecular weight is 364 g/mol. The molecule has 0 fully saturated rings. The molecular formula is C17H21FN4O2S. The minimum absolute atomic E-state index is 0.0971. The maximum Gasteiger partial charge on any atom is 0.226 e. The van der Waals surface area contributed by atoms with Crippen LogP contribution in [0.2, 0.25) is 0 Å². The van der Waals surface area contributed by atoms with Crippen molar-refractivity contribution in [3.63, 3.8) is 0 Å². The van der Waals surface area contributed by atoms with E-state index in [2.05, 4.69) is 15.5 Å². The predicted molar refractivity (Wildman–Crippen MR) is 93.6 cm³/mol. The number of halogens is 1. The molecule has 0 radical (unpaired) electrons. The van der Waals surface area contributed by atoms with Gasteiger partial charge in [0.25, 0.3) is 0 Å². The van der Waals surface area contributed by atoms with Crippen molar-refractivity contribution in [2.45, 2.75) is 32.7 Å². The molecule has 1 atom stereocenters. The smallest absolute Gasteiger partial charge is 0.226 e. The van der Waals surface area contributed by atoms with Crippen LogP contribution >= 0.6 is 12.2 Å². The molecule has 1 aromatic heterocycles. The van der Waals surface area contributed by atoms with Crippen molar-refractivity contribution in [2.75, 3.05) is 13.2 Å². The van der Waals surface area contributed by atoms with Crippen molar-refractivity contribution < 1.29 is 13.9 Å². The first kappa shape index (κ1) is 17.6. The number of fused-ring (bicyclic) bond motifs is 1. The highest BCUT2D eigenvalue weighted by atomic mass is 32.1. The zero-order chi connectivity index (χ0) is 18.0. The number of hydrogen-bond acceptors (Lipinski definition) is 4. The van der Waals surface area contributed by atoms with Crippen molar-refractivity contribution >= 4 is 18.1 Å². The van der Waals surface area contributed by atoms with Gasteiger partial charge in [-0.2, -0.15) is 5.10 Å². The van der Waals surface area contributed by atoms with Crippen molar-refractivity contribution in [1.29, 1.82) is 0 Å². The van der Waals surface area contributed by atoms with Crippen molar-refractivity contribution in [1.82, 2.24) is 20.1 Å². The van der Waals surface area contributed by atoms with E-state index in [1.807, 2.05) is 18.4 Å². The first-order chi connectivity index (χ1) is 12.0. The molecule has 0 saturated heterocycles. The summed E-state index contributed by atoms with van der Waals surface area (Å²) < 4.78 is 21.4. The molecule has 3 rings (SSSR count). The minimum atomic E-state index is -0.320. The van der Waals surface area contributed by atoms with Crippen LogP contribution in [0.4, 0.5) is 4.39 Å². The molecule has 1 aromatic carbocycles. The van der Waals surface area contributed by atoms with E-state index in [1.54, 1.807) is 6.07 Å². The number of ether oxygens (including phenoxy) is 1. The zero-order valence-electron chi connectivity index (χ0n) is 14.2. The van der Waals surface area contributed by atoms with Gasteiger partial charge < -0.3 is 14.6 Å². The maximum atomic E-state index is 13.3. The lowest BCUT2D eigenvalue weighted by Gasteiger charge is -2.24. The Hall–Kier alpha value is -2.22. The summed E-state index contributed by atoms with van der Waals surface area (Å²) in [5.41, 5.74) is 0.729. The average Bonchev–Trinajstić information content (AvgIpc) is 2.94. The van der Waals surface area contributed by atoms with Gasteiger partial charge in [0.1, 0.15) is 24.0 Å². The standard InChI is InChI=1S/C17H21FN4O2S/c1-10(2)22-15(20-21-17(22)25)5-6-19-16(23)12-7-11-8-13(18)3-4-14(11)24-9-12/h3-4,8,10,12H,5-7,9H2,1-2H3,(H,19,23)(H,21,25). The van der Waals surface area contributed by atoms with Gasteiger partial charge in [-0.3, -0.25) is 9.89 Å². The van der Waals surface area contributed by atoms with Gasteiger partial charge in [0.15, 0.2) is 4.77 Å². The molecule has 1 aliphatic heterocycles. The van der Waals surface area contributed by atoms with E-state index in [-0.39, 0.29) is 23.7 Å². The molecule has 0 saturated carbocycles. The van der Waals surface area contributed by atoms with Gasteiger partial charge >= 0.3 is 0 Å². The van der Waals surface area contributed by atoms with Gasteiger partial charge in [-0.05, 0) is 56.2 Å². The van der Waals surface area contributed by atoms with E-state index in [0.29, 0.717) is 36.5 Å². The highest BCUT2D eigenvalue weighted by Crippen LogP contribution is 2.27. The predicted octanol–water partition coefficient (Wildman–Crippen LogP) is 2.57. The second kappa shape index (κ2) is 7.35. The summed E-state index contributed by atoms with van der Waals surface area (Å²) in [6.45, 7) is 4.82. The number of nitrogens with one attached hydrogen (secondary N) is 2. The zero-order valence-corrected chi connectivity index (χ0v) is 15.0. The molecule has 6 nitrogen and oxygen atoms in total. The highest BCUT2D eigenvalue weighted by molar-refractivity contribution is 7.71. The summed E-state index contributed by atoms with van der Waals surface area (Å²) in [6.07, 6.45) is 1.06. The Balaban J connectivity index is 1.56. The number of rotatable bonds is 5. The molecule has 2 aromatic rings. The Bertz CT molecular complexity index is 830. The molecule has 0 spiro atoms. The van der Waals surface area contributed by atoms with Gasteiger partial charge in [0.05, 0.1) is 5.92 Å². The second-order valence-electron chi connectivity index (χ2n) is 6.41. The Morgan fingerprint density at radius 1 is 1.56 bits per heavy atom.